The van der Waals surface area contributed by atoms with E-state index >= 15 is 0 Å². The summed E-state index contributed by atoms with van der Waals surface area (Å²) in [7, 11) is -9.93. The van der Waals surface area contributed by atoms with E-state index in [0.717, 1.165) is 121 Å². The summed E-state index contributed by atoms with van der Waals surface area (Å²) in [6.07, 6.45) is 57.8. The zero-order chi connectivity index (χ0) is 71.6. The van der Waals surface area contributed by atoms with Crippen LogP contribution >= 0.6 is 15.6 Å². The summed E-state index contributed by atoms with van der Waals surface area (Å²) in [4.78, 5) is 72.8. The maximum atomic E-state index is 13.1. The summed E-state index contributed by atoms with van der Waals surface area (Å²) in [5, 5.41) is 10.6. The highest BCUT2D eigenvalue weighted by molar-refractivity contribution is 7.47. The predicted octanol–water partition coefficient (Wildman–Crippen LogP) is 22.5. The standard InChI is InChI=1S/C78H148O17P2/c1-8-9-10-11-12-13-14-15-17-21-28-33-38-47-54-62-78(83)95-74(66-89-76(81)60-53-46-41-40-44-51-58-71(6)7)68-93-97(86,87)91-64-72(79)63-90-96(84,85)92-67-73(65-88-75(80)59-52-45-37-32-27-24-23-26-31-36-43-50-57-70(4)5)94-77(82)61-55-48-39-34-29-22-19-16-18-20-25-30-35-42-49-56-69(2)3/h13-15,17,69-74,79H,8-12,16,18-68H2,1-7H3,(H,84,85)(H,86,87)/b14-13-,17-15-/t72-,73-,74-/m1/s1. The zero-order valence-electron chi connectivity index (χ0n) is 63.0. The minimum Gasteiger partial charge on any atom is -0.462 e. The van der Waals surface area contributed by atoms with Gasteiger partial charge in [0, 0.05) is 25.7 Å². The van der Waals surface area contributed by atoms with Gasteiger partial charge >= 0.3 is 39.5 Å². The summed E-state index contributed by atoms with van der Waals surface area (Å²) < 4.78 is 68.5. The quantitative estimate of drug-likeness (QED) is 0.0169. The van der Waals surface area contributed by atoms with Crippen LogP contribution in [0, 0.1) is 17.8 Å². The number of carbonyl (C=O) groups excluding carboxylic acids is 4. The summed E-state index contributed by atoms with van der Waals surface area (Å²) in [6, 6.07) is 0. The molecule has 17 nitrogen and oxygen atoms in total. The van der Waals surface area contributed by atoms with Crippen molar-refractivity contribution in [3.05, 3.63) is 24.3 Å². The molecule has 0 saturated carbocycles. The van der Waals surface area contributed by atoms with Crippen molar-refractivity contribution >= 4 is 39.5 Å². The number of ether oxygens (including phenoxy) is 4. The fourth-order valence-corrected chi connectivity index (χ4v) is 13.0. The molecule has 0 aliphatic rings. The van der Waals surface area contributed by atoms with Crippen LogP contribution in [0.4, 0.5) is 0 Å². The van der Waals surface area contributed by atoms with Crippen LogP contribution in [0.25, 0.3) is 0 Å². The number of hydrogen-bond donors (Lipinski definition) is 3. The fraction of sp³-hybridized carbons (Fsp3) is 0.897. The first kappa shape index (κ1) is 94.5. The molecule has 0 amide bonds. The summed E-state index contributed by atoms with van der Waals surface area (Å²) in [5.41, 5.74) is 0. The van der Waals surface area contributed by atoms with Crippen LogP contribution in [0.15, 0.2) is 24.3 Å². The average Bonchev–Trinajstić information content (AvgIpc) is 1.34. The molecule has 5 atom stereocenters. The van der Waals surface area contributed by atoms with Crippen LogP contribution in [-0.4, -0.2) is 96.7 Å². The van der Waals surface area contributed by atoms with Crippen molar-refractivity contribution in [2.75, 3.05) is 39.6 Å². The third-order valence-corrected chi connectivity index (χ3v) is 19.4. The lowest BCUT2D eigenvalue weighted by molar-refractivity contribution is -0.161. The second-order valence-corrected chi connectivity index (χ2v) is 31.7. The molecule has 2 unspecified atom stereocenters. The van der Waals surface area contributed by atoms with Gasteiger partial charge in [0.15, 0.2) is 12.2 Å². The topological polar surface area (TPSA) is 237 Å². The minimum atomic E-state index is -4.96. The summed E-state index contributed by atoms with van der Waals surface area (Å²) in [5.74, 6) is 0.110. The number of aliphatic hydroxyl groups is 1. The van der Waals surface area contributed by atoms with Gasteiger partial charge in [-0.1, -0.05) is 323 Å². The van der Waals surface area contributed by atoms with Crippen molar-refractivity contribution in [1.29, 1.82) is 0 Å². The second-order valence-electron chi connectivity index (χ2n) is 28.8. The number of esters is 4. The van der Waals surface area contributed by atoms with Crippen LogP contribution in [0.5, 0.6) is 0 Å². The molecule has 0 rings (SSSR count). The Kier molecular flexibility index (Phi) is 66.3. The van der Waals surface area contributed by atoms with E-state index in [0.29, 0.717) is 31.6 Å². The van der Waals surface area contributed by atoms with E-state index in [2.05, 4.69) is 72.8 Å². The highest BCUT2D eigenvalue weighted by atomic mass is 31.2. The number of rotatable bonds is 74. The van der Waals surface area contributed by atoms with E-state index in [-0.39, 0.29) is 25.7 Å². The first-order valence-corrected chi connectivity index (χ1v) is 42.7. The van der Waals surface area contributed by atoms with E-state index in [1.807, 2.05) is 0 Å². The van der Waals surface area contributed by atoms with Crippen molar-refractivity contribution in [2.24, 2.45) is 17.8 Å². The SMILES string of the molecule is CCCCCC/C=C\C=C/CCCCCCCC(=O)O[C@H](COC(=O)CCCCCCCCC(C)C)COP(=O)(O)OC[C@H](O)COP(=O)(O)OC[C@@H](COC(=O)CCCCCCCCCCCCCCC(C)C)OC(=O)CCCCCCCCCCCCCCCCCC(C)C. The highest BCUT2D eigenvalue weighted by Gasteiger charge is 2.30. The van der Waals surface area contributed by atoms with Crippen molar-refractivity contribution in [1.82, 2.24) is 0 Å². The number of unbranched alkanes of at least 4 members (excludes halogenated alkanes) is 39. The van der Waals surface area contributed by atoms with E-state index in [9.17, 15) is 43.2 Å². The Morgan fingerprint density at radius 2 is 0.557 bits per heavy atom. The third-order valence-electron chi connectivity index (χ3n) is 17.5. The lowest BCUT2D eigenvalue weighted by Crippen LogP contribution is -2.30. The molecular weight excluding hydrogens is 1270 g/mol. The number of allylic oxidation sites excluding steroid dienone is 4. The first-order valence-electron chi connectivity index (χ1n) is 39.7. The molecule has 0 spiro atoms. The maximum absolute atomic E-state index is 13.1. The molecule has 0 fully saturated rings. The lowest BCUT2D eigenvalue weighted by Gasteiger charge is -2.21. The van der Waals surface area contributed by atoms with Crippen molar-refractivity contribution in [3.8, 4) is 0 Å². The first-order chi connectivity index (χ1) is 46.7. The van der Waals surface area contributed by atoms with Gasteiger partial charge in [-0.15, -0.1) is 0 Å². The molecule has 3 N–H and O–H groups in total. The van der Waals surface area contributed by atoms with Gasteiger partial charge in [0.1, 0.15) is 19.3 Å². The molecule has 0 radical (unpaired) electrons. The molecule has 0 aromatic heterocycles. The molecule has 0 aliphatic carbocycles. The molecule has 0 aliphatic heterocycles. The Morgan fingerprint density at radius 3 is 0.835 bits per heavy atom. The van der Waals surface area contributed by atoms with Gasteiger partial charge < -0.3 is 33.8 Å². The Morgan fingerprint density at radius 1 is 0.320 bits per heavy atom. The van der Waals surface area contributed by atoms with Gasteiger partial charge in [-0.3, -0.25) is 37.3 Å². The summed E-state index contributed by atoms with van der Waals surface area (Å²) in [6.45, 7) is 11.8. The van der Waals surface area contributed by atoms with Crippen LogP contribution in [0.3, 0.4) is 0 Å². The molecular formula is C78H148O17P2. The molecule has 0 aromatic rings. The van der Waals surface area contributed by atoms with Crippen molar-refractivity contribution < 1.29 is 80.2 Å². The smallest absolute Gasteiger partial charge is 0.462 e. The zero-order valence-corrected chi connectivity index (χ0v) is 64.8. The highest BCUT2D eigenvalue weighted by Crippen LogP contribution is 2.45. The number of carbonyl (C=O) groups is 4. The molecule has 19 heteroatoms. The minimum absolute atomic E-state index is 0.0838. The molecule has 572 valence electrons. The Labute approximate surface area is 592 Å². The van der Waals surface area contributed by atoms with Crippen LogP contribution in [0.2, 0.25) is 0 Å². The fourth-order valence-electron chi connectivity index (χ4n) is 11.4. The van der Waals surface area contributed by atoms with E-state index in [1.54, 1.807) is 0 Å². The normalized spacial score (nSPS) is 14.2. The van der Waals surface area contributed by atoms with Crippen LogP contribution in [0.1, 0.15) is 376 Å². The average molecular weight is 1420 g/mol. The Balaban J connectivity index is 5.27. The Hall–Kier alpha value is -2.46. The largest absolute Gasteiger partial charge is 0.472 e. The molecule has 0 saturated heterocycles. The van der Waals surface area contributed by atoms with Gasteiger partial charge in [-0.05, 0) is 69.1 Å². The van der Waals surface area contributed by atoms with Gasteiger partial charge in [-0.2, -0.15) is 0 Å². The number of aliphatic hydroxyl groups excluding tert-OH is 1. The number of phosphoric ester groups is 2. The predicted molar refractivity (Wildman–Crippen MR) is 395 cm³/mol. The molecule has 97 heavy (non-hydrogen) atoms. The third kappa shape index (κ3) is 71.7. The van der Waals surface area contributed by atoms with Gasteiger partial charge in [0.25, 0.3) is 0 Å². The van der Waals surface area contributed by atoms with Gasteiger partial charge in [-0.25, -0.2) is 9.13 Å². The summed E-state index contributed by atoms with van der Waals surface area (Å²) >= 11 is 0. The maximum Gasteiger partial charge on any atom is 0.472 e. The van der Waals surface area contributed by atoms with Crippen molar-refractivity contribution in [2.45, 2.75) is 394 Å². The molecule has 0 aromatic carbocycles. The number of hydrogen-bond acceptors (Lipinski definition) is 15. The Bertz CT molecular complexity index is 1980. The lowest BCUT2D eigenvalue weighted by atomic mass is 10.0. The number of phosphoric acid groups is 2. The molecule has 0 bridgehead atoms. The van der Waals surface area contributed by atoms with Crippen LogP contribution < -0.4 is 0 Å². The van der Waals surface area contributed by atoms with Crippen LogP contribution in [-0.2, 0) is 65.4 Å². The van der Waals surface area contributed by atoms with Crippen molar-refractivity contribution in [3.63, 3.8) is 0 Å². The van der Waals surface area contributed by atoms with E-state index in [1.165, 1.54) is 167 Å². The van der Waals surface area contributed by atoms with Gasteiger partial charge in [0.05, 0.1) is 26.4 Å². The molecule has 0 heterocycles. The van der Waals surface area contributed by atoms with E-state index in [4.69, 9.17) is 37.0 Å². The van der Waals surface area contributed by atoms with E-state index < -0.39 is 97.5 Å². The monoisotopic (exact) mass is 1420 g/mol. The van der Waals surface area contributed by atoms with Gasteiger partial charge in [0.2, 0.25) is 0 Å². The second kappa shape index (κ2) is 68.0.